The monoisotopic (exact) mass is 419 g/mol. The van der Waals surface area contributed by atoms with Crippen LogP contribution in [0.15, 0.2) is 42.6 Å². The van der Waals surface area contributed by atoms with Gasteiger partial charge in [-0.05, 0) is 30.9 Å². The molecule has 2 amide bonds. The molecule has 3 fully saturated rings. The number of para-hydroxylation sites is 1. The van der Waals surface area contributed by atoms with E-state index < -0.39 is 17.4 Å². The van der Waals surface area contributed by atoms with E-state index in [-0.39, 0.29) is 24.0 Å². The van der Waals surface area contributed by atoms with E-state index in [1.165, 1.54) is 30.2 Å². The molecule has 2 bridgehead atoms. The number of aromatic amines is 1. The van der Waals surface area contributed by atoms with Crippen LogP contribution in [0.4, 0.5) is 0 Å². The molecule has 6 nitrogen and oxygen atoms in total. The zero-order valence-electron chi connectivity index (χ0n) is 17.7. The van der Waals surface area contributed by atoms with Gasteiger partial charge in [-0.2, -0.15) is 0 Å². The van der Waals surface area contributed by atoms with E-state index in [2.05, 4.69) is 22.4 Å². The predicted octanol–water partition coefficient (Wildman–Crippen LogP) is 2.94. The summed E-state index contributed by atoms with van der Waals surface area (Å²) in [6, 6.07) is 8.48. The first kappa shape index (κ1) is 19.1. The van der Waals surface area contributed by atoms with Gasteiger partial charge in [-0.1, -0.05) is 49.6 Å². The molecule has 1 aromatic carbocycles. The summed E-state index contributed by atoms with van der Waals surface area (Å²) in [6.07, 6.45) is 12.3. The number of H-pyrrole nitrogens is 1. The third-order valence-electron chi connectivity index (χ3n) is 7.76. The van der Waals surface area contributed by atoms with E-state index in [0.717, 1.165) is 24.8 Å². The average molecular weight is 420 g/mol. The van der Waals surface area contributed by atoms with Gasteiger partial charge in [0.15, 0.2) is 0 Å². The number of hydrogen-bond donors (Lipinski definition) is 2. The van der Waals surface area contributed by atoms with Gasteiger partial charge < -0.3 is 19.9 Å². The Labute approximate surface area is 182 Å². The van der Waals surface area contributed by atoms with Gasteiger partial charge in [0.05, 0.1) is 24.5 Å². The topological polar surface area (TPSA) is 74.4 Å². The molecule has 2 aromatic rings. The number of carbonyl (C=O) groups excluding carboxylic acids is 2. The van der Waals surface area contributed by atoms with Gasteiger partial charge in [0, 0.05) is 29.7 Å². The van der Waals surface area contributed by atoms with Crippen LogP contribution in [0.2, 0.25) is 0 Å². The van der Waals surface area contributed by atoms with Crippen LogP contribution in [-0.2, 0) is 20.7 Å². The fraction of sp³-hybridized carbons (Fsp3) is 0.520. The van der Waals surface area contributed by atoms with E-state index >= 15 is 0 Å². The van der Waals surface area contributed by atoms with Gasteiger partial charge in [0.1, 0.15) is 5.60 Å². The SMILES string of the molecule is O=C(NC1CCCCC1)[C@@H]1[C@H]2C=C[C@@]3(CN(CCc4c[nH]c5ccccc45)C(=O)[C@@H]13)O2. The van der Waals surface area contributed by atoms with E-state index in [1.54, 1.807) is 0 Å². The highest BCUT2D eigenvalue weighted by Gasteiger charge is 2.66. The van der Waals surface area contributed by atoms with Crippen LogP contribution in [0.5, 0.6) is 0 Å². The Balaban J connectivity index is 1.17. The van der Waals surface area contributed by atoms with Crippen molar-refractivity contribution in [2.24, 2.45) is 11.8 Å². The number of rotatable bonds is 5. The zero-order valence-corrected chi connectivity index (χ0v) is 17.7. The van der Waals surface area contributed by atoms with Crippen LogP contribution in [-0.4, -0.2) is 52.5 Å². The van der Waals surface area contributed by atoms with E-state index in [0.29, 0.717) is 13.1 Å². The summed E-state index contributed by atoms with van der Waals surface area (Å²) < 4.78 is 6.27. The van der Waals surface area contributed by atoms with Crippen molar-refractivity contribution in [1.82, 2.24) is 15.2 Å². The number of benzene rings is 1. The van der Waals surface area contributed by atoms with Gasteiger partial charge in [-0.25, -0.2) is 0 Å². The first-order valence-corrected chi connectivity index (χ1v) is 11.7. The largest absolute Gasteiger partial charge is 0.361 e. The van der Waals surface area contributed by atoms with Gasteiger partial charge in [-0.3, -0.25) is 9.59 Å². The molecule has 0 unspecified atom stereocenters. The molecule has 4 heterocycles. The third kappa shape index (κ3) is 3.03. The minimum absolute atomic E-state index is 0.0000430. The van der Waals surface area contributed by atoms with Crippen molar-refractivity contribution in [3.8, 4) is 0 Å². The van der Waals surface area contributed by atoms with Crippen LogP contribution in [0.3, 0.4) is 0 Å². The first-order valence-electron chi connectivity index (χ1n) is 11.7. The highest BCUT2D eigenvalue weighted by molar-refractivity contribution is 5.93. The molecule has 31 heavy (non-hydrogen) atoms. The van der Waals surface area contributed by atoms with Crippen LogP contribution >= 0.6 is 0 Å². The number of amides is 2. The lowest BCUT2D eigenvalue weighted by atomic mass is 9.76. The summed E-state index contributed by atoms with van der Waals surface area (Å²) in [5, 5.41) is 4.44. The Morgan fingerprint density at radius 1 is 1.23 bits per heavy atom. The van der Waals surface area contributed by atoms with Gasteiger partial charge in [0.25, 0.3) is 0 Å². The average Bonchev–Trinajstić information content (AvgIpc) is 3.53. The molecule has 6 heteroatoms. The maximum atomic E-state index is 13.4. The maximum Gasteiger partial charge on any atom is 0.230 e. The number of nitrogens with zero attached hydrogens (tertiary/aromatic N) is 1. The summed E-state index contributed by atoms with van der Waals surface area (Å²) in [7, 11) is 0. The first-order chi connectivity index (χ1) is 15.1. The normalized spacial score (nSPS) is 32.2. The molecule has 4 atom stereocenters. The minimum Gasteiger partial charge on any atom is -0.361 e. The number of carbonyl (C=O) groups is 2. The summed E-state index contributed by atoms with van der Waals surface area (Å²) in [5.74, 6) is -0.734. The van der Waals surface area contributed by atoms with E-state index in [4.69, 9.17) is 4.74 Å². The minimum atomic E-state index is -0.628. The van der Waals surface area contributed by atoms with Crippen molar-refractivity contribution in [2.45, 2.75) is 56.3 Å². The standard InChI is InChI=1S/C25H29N3O3/c29-23(27-17-6-2-1-3-7-17)21-20-10-12-25(31-20)15-28(24(30)22(21)25)13-11-16-14-26-19-9-5-4-8-18(16)19/h4-5,8-10,12,14,17,20-22,26H,1-3,6-7,11,13,15H2,(H,27,29)/t20-,21-,22-,25+/m1/s1. The van der Waals surface area contributed by atoms with Crippen molar-refractivity contribution in [2.75, 3.05) is 13.1 Å². The summed E-state index contributed by atoms with van der Waals surface area (Å²) in [4.78, 5) is 31.8. The molecule has 162 valence electrons. The summed E-state index contributed by atoms with van der Waals surface area (Å²) in [5.41, 5.74) is 1.70. The quantitative estimate of drug-likeness (QED) is 0.732. The maximum absolute atomic E-state index is 13.4. The number of nitrogens with one attached hydrogen (secondary N) is 2. The van der Waals surface area contributed by atoms with Crippen LogP contribution in [0.25, 0.3) is 10.9 Å². The van der Waals surface area contributed by atoms with Gasteiger partial charge in [-0.15, -0.1) is 0 Å². The number of hydrogen-bond acceptors (Lipinski definition) is 3. The van der Waals surface area contributed by atoms with Crippen molar-refractivity contribution < 1.29 is 14.3 Å². The van der Waals surface area contributed by atoms with Crippen LogP contribution in [0, 0.1) is 11.8 Å². The Morgan fingerprint density at radius 3 is 2.94 bits per heavy atom. The van der Waals surface area contributed by atoms with E-state index in [1.807, 2.05) is 35.4 Å². The molecule has 2 saturated heterocycles. The van der Waals surface area contributed by atoms with Crippen LogP contribution in [0.1, 0.15) is 37.7 Å². The molecule has 2 N–H and O–H groups in total. The van der Waals surface area contributed by atoms with E-state index in [9.17, 15) is 9.59 Å². The molecule has 0 radical (unpaired) electrons. The highest BCUT2D eigenvalue weighted by Crippen LogP contribution is 2.52. The molecule has 4 aliphatic rings. The summed E-state index contributed by atoms with van der Waals surface area (Å²) in [6.45, 7) is 1.18. The fourth-order valence-electron chi connectivity index (χ4n) is 6.21. The second kappa shape index (κ2) is 7.23. The van der Waals surface area contributed by atoms with Gasteiger partial charge >= 0.3 is 0 Å². The van der Waals surface area contributed by atoms with Crippen molar-refractivity contribution in [3.05, 3.63) is 48.2 Å². The highest BCUT2D eigenvalue weighted by atomic mass is 16.5. The number of likely N-dealkylation sites (tertiary alicyclic amines) is 1. The van der Waals surface area contributed by atoms with Crippen molar-refractivity contribution >= 4 is 22.7 Å². The number of fused-ring (bicyclic) bond motifs is 2. The Kier molecular flexibility index (Phi) is 4.46. The van der Waals surface area contributed by atoms with Crippen molar-refractivity contribution in [1.29, 1.82) is 0 Å². The van der Waals surface area contributed by atoms with Gasteiger partial charge in [0.2, 0.25) is 11.8 Å². The third-order valence-corrected chi connectivity index (χ3v) is 7.76. The molecule has 1 aromatic heterocycles. The molecule has 1 aliphatic carbocycles. The second-order valence-electron chi connectivity index (χ2n) is 9.61. The number of aromatic nitrogens is 1. The lowest BCUT2D eigenvalue weighted by Gasteiger charge is -2.28. The lowest BCUT2D eigenvalue weighted by Crippen LogP contribution is -2.47. The molecule has 3 aliphatic heterocycles. The molecule has 1 saturated carbocycles. The predicted molar refractivity (Wildman–Crippen MR) is 117 cm³/mol. The molecule has 6 rings (SSSR count). The molecule has 1 spiro atoms. The van der Waals surface area contributed by atoms with Crippen LogP contribution < -0.4 is 5.32 Å². The molecular weight excluding hydrogens is 390 g/mol. The Morgan fingerprint density at radius 2 is 2.06 bits per heavy atom. The summed E-state index contributed by atoms with van der Waals surface area (Å²) >= 11 is 0. The smallest absolute Gasteiger partial charge is 0.230 e. The Hall–Kier alpha value is -2.60. The second-order valence-corrected chi connectivity index (χ2v) is 9.61. The Bertz CT molecular complexity index is 1050. The van der Waals surface area contributed by atoms with Crippen molar-refractivity contribution in [3.63, 3.8) is 0 Å². The zero-order chi connectivity index (χ0) is 21.0. The lowest BCUT2D eigenvalue weighted by molar-refractivity contribution is -0.137. The molecular formula is C25H29N3O3. The number of ether oxygens (including phenoxy) is 1. The fourth-order valence-corrected chi connectivity index (χ4v) is 6.21.